The van der Waals surface area contributed by atoms with Crippen molar-refractivity contribution in [3.05, 3.63) is 46.7 Å². The Morgan fingerprint density at radius 3 is 2.40 bits per heavy atom. The van der Waals surface area contributed by atoms with Crippen molar-refractivity contribution in [2.45, 2.75) is 49.7 Å². The van der Waals surface area contributed by atoms with Crippen molar-refractivity contribution in [3.63, 3.8) is 0 Å². The van der Waals surface area contributed by atoms with E-state index in [9.17, 15) is 45.2 Å². The van der Waals surface area contributed by atoms with E-state index in [1.807, 2.05) is 6.07 Å². The number of nitrogens with one attached hydrogen (secondary N) is 1. The molecule has 0 aliphatic heterocycles. The van der Waals surface area contributed by atoms with E-state index in [4.69, 9.17) is 11.6 Å². The zero-order valence-corrected chi connectivity index (χ0v) is 21.1. The van der Waals surface area contributed by atoms with Gasteiger partial charge in [0, 0.05) is 25.7 Å². The normalized spacial score (nSPS) is 15.8. The van der Waals surface area contributed by atoms with E-state index in [-0.39, 0.29) is 28.6 Å². The molecule has 1 atom stereocenters. The fourth-order valence-electron chi connectivity index (χ4n) is 3.69. The van der Waals surface area contributed by atoms with Crippen LogP contribution >= 0.6 is 11.6 Å². The van der Waals surface area contributed by atoms with Crippen molar-refractivity contribution in [2.75, 3.05) is 0 Å². The fraction of sp³-hybridized carbons (Fsp3) is 0.391. The number of aromatic nitrogens is 4. The van der Waals surface area contributed by atoms with Crippen LogP contribution in [-0.2, 0) is 13.2 Å². The molecule has 1 fully saturated rings. The number of carbonyl (C=O) groups is 1. The van der Waals surface area contributed by atoms with E-state index < -0.39 is 53.1 Å². The quantitative estimate of drug-likeness (QED) is 0.337. The Labute approximate surface area is 225 Å². The number of amides is 1. The van der Waals surface area contributed by atoms with Crippen LogP contribution in [0.1, 0.15) is 35.7 Å². The van der Waals surface area contributed by atoms with E-state index in [1.54, 1.807) is 0 Å². The van der Waals surface area contributed by atoms with E-state index in [2.05, 4.69) is 20.3 Å². The Bertz CT molecular complexity index is 1500. The topological polar surface area (TPSA) is 97.8 Å². The van der Waals surface area contributed by atoms with Crippen molar-refractivity contribution in [3.8, 4) is 28.9 Å². The van der Waals surface area contributed by atoms with Gasteiger partial charge < -0.3 is 10.1 Å². The number of nitrogens with zero attached hydrogens (tertiary/aromatic N) is 5. The first-order chi connectivity index (χ1) is 18.4. The highest BCUT2D eigenvalue weighted by Crippen LogP contribution is 2.43. The lowest BCUT2D eigenvalue weighted by Crippen LogP contribution is -2.46. The molecule has 0 bridgehead atoms. The third-order valence-corrected chi connectivity index (χ3v) is 6.23. The van der Waals surface area contributed by atoms with Gasteiger partial charge in [-0.05, 0) is 30.5 Å². The molecule has 2 aromatic heterocycles. The van der Waals surface area contributed by atoms with Gasteiger partial charge in [-0.15, -0.1) is 5.10 Å². The maximum Gasteiger partial charge on any atom is 0.437 e. The lowest BCUT2D eigenvalue weighted by atomic mass is 10.1. The third-order valence-electron chi connectivity index (χ3n) is 5.90. The Morgan fingerprint density at radius 2 is 1.85 bits per heavy atom. The first-order valence-corrected chi connectivity index (χ1v) is 11.6. The maximum absolute atomic E-state index is 14.0. The highest BCUT2D eigenvalue weighted by molar-refractivity contribution is 6.34. The van der Waals surface area contributed by atoms with Gasteiger partial charge in [0.2, 0.25) is 0 Å². The number of benzene rings is 1. The average molecular weight is 597 g/mol. The number of hydrogen-bond acceptors (Lipinski definition) is 5. The van der Waals surface area contributed by atoms with Gasteiger partial charge in [0.05, 0.1) is 22.9 Å². The van der Waals surface area contributed by atoms with Gasteiger partial charge in [-0.1, -0.05) is 17.7 Å². The lowest BCUT2D eigenvalue weighted by Gasteiger charge is -2.24. The Balaban J connectivity index is 1.71. The smallest absolute Gasteiger partial charge is 0.410 e. The van der Waals surface area contributed by atoms with Crippen molar-refractivity contribution >= 4 is 17.5 Å². The van der Waals surface area contributed by atoms with E-state index >= 15 is 0 Å². The van der Waals surface area contributed by atoms with Crippen LogP contribution in [0.4, 0.5) is 35.1 Å². The molecule has 1 unspecified atom stereocenters. The number of halogens is 9. The average Bonchev–Trinajstić information content (AvgIpc) is 3.29. The summed E-state index contributed by atoms with van der Waals surface area (Å²) in [5.74, 6) is -8.11. The van der Waals surface area contributed by atoms with Crippen LogP contribution in [0.3, 0.4) is 0 Å². The molecule has 1 aromatic carbocycles. The number of ether oxygens (including phenoxy) is 1. The summed E-state index contributed by atoms with van der Waals surface area (Å²) in [6, 6.07) is 6.06. The molecule has 1 aliphatic rings. The molecule has 1 aliphatic carbocycles. The SMILES string of the molecule is Cn1nc(OC(F)(F)C(F)C(C)(F)F)c(C(F)(F)F)c1-n1cc(-c2ccc(Cl)c(C(=O)NC3(C#N)CC3)c2)cn1. The molecule has 0 spiro atoms. The van der Waals surface area contributed by atoms with Crippen LogP contribution in [0.5, 0.6) is 5.88 Å². The second-order valence-electron chi connectivity index (χ2n) is 9.12. The molecule has 8 nitrogen and oxygen atoms in total. The van der Waals surface area contributed by atoms with Gasteiger partial charge >= 0.3 is 12.3 Å². The molecule has 0 radical (unpaired) electrons. The van der Waals surface area contributed by atoms with Crippen LogP contribution in [-0.4, -0.2) is 49.2 Å². The largest absolute Gasteiger partial charge is 0.437 e. The molecule has 40 heavy (non-hydrogen) atoms. The first-order valence-electron chi connectivity index (χ1n) is 11.2. The van der Waals surface area contributed by atoms with Gasteiger partial charge in [0.15, 0.2) is 11.4 Å². The summed E-state index contributed by atoms with van der Waals surface area (Å²) in [6.45, 7) is -0.186. The molecule has 3 aromatic rings. The van der Waals surface area contributed by atoms with Gasteiger partial charge in [0.25, 0.3) is 23.9 Å². The summed E-state index contributed by atoms with van der Waals surface area (Å²) in [7, 11) is 0.909. The minimum Gasteiger partial charge on any atom is -0.410 e. The zero-order chi connectivity index (χ0) is 29.8. The van der Waals surface area contributed by atoms with Crippen LogP contribution in [0, 0.1) is 11.3 Å². The molecule has 214 valence electrons. The highest BCUT2D eigenvalue weighted by atomic mass is 35.5. The monoisotopic (exact) mass is 596 g/mol. The predicted molar refractivity (Wildman–Crippen MR) is 122 cm³/mol. The van der Waals surface area contributed by atoms with Crippen molar-refractivity contribution in [1.82, 2.24) is 24.9 Å². The van der Waals surface area contributed by atoms with Crippen LogP contribution in [0.25, 0.3) is 16.9 Å². The summed E-state index contributed by atoms with van der Waals surface area (Å²) >= 11 is 6.12. The zero-order valence-electron chi connectivity index (χ0n) is 20.3. The molecular weight excluding hydrogens is 580 g/mol. The van der Waals surface area contributed by atoms with E-state index in [0.717, 1.165) is 19.4 Å². The summed E-state index contributed by atoms with van der Waals surface area (Å²) in [4.78, 5) is 12.7. The maximum atomic E-state index is 14.0. The molecule has 1 N–H and O–H groups in total. The third kappa shape index (κ3) is 5.55. The first kappa shape index (κ1) is 29.1. The van der Waals surface area contributed by atoms with Crippen LogP contribution in [0.15, 0.2) is 30.6 Å². The van der Waals surface area contributed by atoms with Crippen molar-refractivity contribution in [1.29, 1.82) is 5.26 Å². The molecule has 1 saturated carbocycles. The van der Waals surface area contributed by atoms with Gasteiger partial charge in [-0.2, -0.15) is 32.3 Å². The summed E-state index contributed by atoms with van der Waals surface area (Å²) in [5, 5.41) is 18.8. The van der Waals surface area contributed by atoms with Crippen LogP contribution in [0.2, 0.25) is 5.02 Å². The summed E-state index contributed by atoms with van der Waals surface area (Å²) < 4.78 is 115. The molecule has 4 rings (SSSR count). The second kappa shape index (κ2) is 9.65. The van der Waals surface area contributed by atoms with Gasteiger partial charge in [-0.25, -0.2) is 22.5 Å². The summed E-state index contributed by atoms with van der Waals surface area (Å²) in [6.07, 6.45) is -12.0. The lowest BCUT2D eigenvalue weighted by molar-refractivity contribution is -0.269. The van der Waals surface area contributed by atoms with E-state index in [0.29, 0.717) is 22.2 Å². The highest BCUT2D eigenvalue weighted by Gasteiger charge is 2.57. The molecule has 1 amide bonds. The van der Waals surface area contributed by atoms with Crippen molar-refractivity contribution < 1.29 is 44.7 Å². The summed E-state index contributed by atoms with van der Waals surface area (Å²) in [5.41, 5.74) is -2.56. The van der Waals surface area contributed by atoms with E-state index in [1.165, 1.54) is 18.2 Å². The molecule has 2 heterocycles. The number of rotatable bonds is 8. The van der Waals surface area contributed by atoms with Gasteiger partial charge in [0.1, 0.15) is 5.54 Å². The number of alkyl halides is 8. The minimum atomic E-state index is -5.42. The fourth-order valence-corrected chi connectivity index (χ4v) is 3.89. The Morgan fingerprint density at radius 1 is 1.20 bits per heavy atom. The van der Waals surface area contributed by atoms with Gasteiger partial charge in [-0.3, -0.25) is 4.79 Å². The molecular formula is C23H17ClF8N6O2. The second-order valence-corrected chi connectivity index (χ2v) is 9.53. The minimum absolute atomic E-state index is 0.0277. The predicted octanol–water partition coefficient (Wildman–Crippen LogP) is 5.70. The number of aryl methyl sites for hydroxylation is 1. The number of nitriles is 1. The molecule has 17 heteroatoms. The number of hydrogen-bond donors (Lipinski definition) is 1. The standard InChI is InChI=1S/C23H17ClF8N6O2/c1-20(26,27)19(25)23(31,32)40-17-15(22(28,29)30)18(37(2)36-17)38-9-12(8-34-38)11-3-4-14(24)13(7-11)16(39)35-21(10-33)5-6-21/h3-4,7-9,19H,5-6H2,1-2H3,(H,35,39). The van der Waals surface area contributed by atoms with Crippen LogP contribution < -0.4 is 10.1 Å². The number of carbonyl (C=O) groups excluding carboxylic acids is 1. The Kier molecular flexibility index (Phi) is 7.02. The van der Waals surface area contributed by atoms with Crippen molar-refractivity contribution in [2.24, 2.45) is 7.05 Å². The Hall–Kier alpha value is -3.87. The molecule has 0 saturated heterocycles.